The highest BCUT2D eigenvalue weighted by Gasteiger charge is 2.57. The van der Waals surface area contributed by atoms with Crippen LogP contribution in [0.25, 0.3) is 0 Å². The number of benzene rings is 1. The second kappa shape index (κ2) is 7.77. The lowest BCUT2D eigenvalue weighted by Gasteiger charge is -2.31. The Hall–Kier alpha value is -1.26. The van der Waals surface area contributed by atoms with Gasteiger partial charge in [0.15, 0.2) is 0 Å². The first-order valence-corrected chi connectivity index (χ1v) is 9.81. The molecule has 4 rings (SSSR count). The molecule has 1 aromatic rings. The van der Waals surface area contributed by atoms with Crippen molar-refractivity contribution in [2.24, 2.45) is 11.3 Å². The molecule has 2 N–H and O–H groups in total. The first-order chi connectivity index (χ1) is 12.2. The maximum atomic E-state index is 12.8. The molecule has 5 heteroatoms. The normalized spacial score (nSPS) is 25.3. The number of ether oxygens (including phenoxy) is 1. The SMILES string of the molecule is COc1ccccc1C1(CNC(=O)C2CC23CCNCC3)CCCC1.Cl. The molecule has 1 aromatic carbocycles. The van der Waals surface area contributed by atoms with Gasteiger partial charge in [0.2, 0.25) is 5.91 Å². The van der Waals surface area contributed by atoms with E-state index in [2.05, 4.69) is 22.8 Å². The summed E-state index contributed by atoms with van der Waals surface area (Å²) in [5, 5.41) is 6.75. The molecule has 2 aliphatic carbocycles. The van der Waals surface area contributed by atoms with E-state index in [1.54, 1.807) is 7.11 Å². The third kappa shape index (κ3) is 3.46. The van der Waals surface area contributed by atoms with Gasteiger partial charge in [0, 0.05) is 23.4 Å². The largest absolute Gasteiger partial charge is 0.496 e. The van der Waals surface area contributed by atoms with Gasteiger partial charge in [0.1, 0.15) is 5.75 Å². The fraction of sp³-hybridized carbons (Fsp3) is 0.667. The molecule has 4 nitrogen and oxygen atoms in total. The summed E-state index contributed by atoms with van der Waals surface area (Å²) in [4.78, 5) is 12.8. The molecule has 3 fully saturated rings. The van der Waals surface area contributed by atoms with Crippen molar-refractivity contribution in [3.8, 4) is 5.75 Å². The third-order valence-electron chi connectivity index (χ3n) is 6.95. The molecular weight excluding hydrogens is 348 g/mol. The van der Waals surface area contributed by atoms with Gasteiger partial charge >= 0.3 is 0 Å². The Morgan fingerprint density at radius 2 is 1.88 bits per heavy atom. The molecule has 144 valence electrons. The van der Waals surface area contributed by atoms with Gasteiger partial charge in [-0.2, -0.15) is 0 Å². The standard InChI is InChI=1S/C21H30N2O2.ClH/c1-25-18-7-3-2-6-16(18)21(8-4-5-9-21)15-23-19(24)17-14-20(17)10-12-22-13-11-20;/h2-3,6-7,17,22H,4-5,8-15H2,1H3,(H,23,24);1H. The van der Waals surface area contributed by atoms with Gasteiger partial charge < -0.3 is 15.4 Å². The summed E-state index contributed by atoms with van der Waals surface area (Å²) in [5.74, 6) is 1.48. The highest BCUT2D eigenvalue weighted by atomic mass is 35.5. The molecule has 26 heavy (non-hydrogen) atoms. The number of amides is 1. The minimum atomic E-state index is 0. The van der Waals surface area contributed by atoms with E-state index in [0.29, 0.717) is 5.41 Å². The summed E-state index contributed by atoms with van der Waals surface area (Å²) in [7, 11) is 1.74. The lowest BCUT2D eigenvalue weighted by atomic mass is 9.78. The Morgan fingerprint density at radius 3 is 2.58 bits per heavy atom. The van der Waals surface area contributed by atoms with Crippen molar-refractivity contribution in [2.75, 3.05) is 26.7 Å². The first-order valence-electron chi connectivity index (χ1n) is 9.81. The van der Waals surface area contributed by atoms with E-state index >= 15 is 0 Å². The molecule has 2 saturated carbocycles. The van der Waals surface area contributed by atoms with Gasteiger partial charge in [-0.05, 0) is 56.7 Å². The monoisotopic (exact) mass is 378 g/mol. The average Bonchev–Trinajstić information content (AvgIpc) is 3.13. The number of hydrogen-bond acceptors (Lipinski definition) is 3. The van der Waals surface area contributed by atoms with Crippen LogP contribution in [0.3, 0.4) is 0 Å². The second-order valence-electron chi connectivity index (χ2n) is 8.27. The Labute approximate surface area is 162 Å². The van der Waals surface area contributed by atoms with Crippen LogP contribution in [-0.2, 0) is 10.2 Å². The van der Waals surface area contributed by atoms with Crippen molar-refractivity contribution in [1.29, 1.82) is 0 Å². The Balaban J connectivity index is 0.00000196. The highest BCUT2D eigenvalue weighted by molar-refractivity contribution is 5.85. The summed E-state index contributed by atoms with van der Waals surface area (Å²) >= 11 is 0. The van der Waals surface area contributed by atoms with Crippen molar-refractivity contribution in [3.05, 3.63) is 29.8 Å². The van der Waals surface area contributed by atoms with Gasteiger partial charge in [-0.1, -0.05) is 31.0 Å². The highest BCUT2D eigenvalue weighted by Crippen LogP contribution is 2.58. The fourth-order valence-electron chi connectivity index (χ4n) is 5.25. The van der Waals surface area contributed by atoms with Crippen LogP contribution in [-0.4, -0.2) is 32.7 Å². The molecule has 1 aliphatic heterocycles. The van der Waals surface area contributed by atoms with Crippen LogP contribution in [0.4, 0.5) is 0 Å². The van der Waals surface area contributed by atoms with E-state index in [1.165, 1.54) is 18.4 Å². The molecule has 3 aliphatic rings. The van der Waals surface area contributed by atoms with E-state index in [9.17, 15) is 4.79 Å². The van der Waals surface area contributed by atoms with Gasteiger partial charge in [0.25, 0.3) is 0 Å². The van der Waals surface area contributed by atoms with E-state index in [1.807, 2.05) is 12.1 Å². The van der Waals surface area contributed by atoms with Crippen LogP contribution < -0.4 is 15.4 Å². The Bertz CT molecular complexity index is 637. The second-order valence-corrected chi connectivity index (χ2v) is 8.27. The van der Waals surface area contributed by atoms with Crippen molar-refractivity contribution in [1.82, 2.24) is 10.6 Å². The lowest BCUT2D eigenvalue weighted by molar-refractivity contribution is -0.123. The minimum Gasteiger partial charge on any atom is -0.496 e. The first kappa shape index (κ1) is 19.5. The average molecular weight is 379 g/mol. The van der Waals surface area contributed by atoms with E-state index < -0.39 is 0 Å². The van der Waals surface area contributed by atoms with Crippen LogP contribution in [0.2, 0.25) is 0 Å². The number of nitrogens with one attached hydrogen (secondary N) is 2. The number of rotatable bonds is 5. The maximum Gasteiger partial charge on any atom is 0.223 e. The van der Waals surface area contributed by atoms with Crippen LogP contribution >= 0.6 is 12.4 Å². The summed E-state index contributed by atoms with van der Waals surface area (Å²) in [6.07, 6.45) is 8.12. The molecule has 0 radical (unpaired) electrons. The number of piperidine rings is 1. The van der Waals surface area contributed by atoms with E-state index in [4.69, 9.17) is 4.74 Å². The number of para-hydroxylation sites is 1. The molecule has 1 spiro atoms. The molecule has 1 saturated heterocycles. The van der Waals surface area contributed by atoms with Crippen molar-refractivity contribution in [3.63, 3.8) is 0 Å². The zero-order valence-electron chi connectivity index (χ0n) is 15.7. The number of carbonyl (C=O) groups is 1. The predicted octanol–water partition coefficient (Wildman–Crippen LogP) is 3.43. The Kier molecular flexibility index (Phi) is 5.83. The van der Waals surface area contributed by atoms with Crippen molar-refractivity contribution in [2.45, 2.75) is 50.4 Å². The molecule has 1 unspecified atom stereocenters. The third-order valence-corrected chi connectivity index (χ3v) is 6.95. The van der Waals surface area contributed by atoms with Crippen molar-refractivity contribution >= 4 is 18.3 Å². The smallest absolute Gasteiger partial charge is 0.223 e. The van der Waals surface area contributed by atoms with Gasteiger partial charge in [0.05, 0.1) is 7.11 Å². The topological polar surface area (TPSA) is 50.4 Å². The fourth-order valence-corrected chi connectivity index (χ4v) is 5.25. The van der Waals surface area contributed by atoms with E-state index in [-0.39, 0.29) is 29.6 Å². The van der Waals surface area contributed by atoms with Gasteiger partial charge in [-0.25, -0.2) is 0 Å². The van der Waals surface area contributed by atoms with Crippen LogP contribution in [0.1, 0.15) is 50.5 Å². The summed E-state index contributed by atoms with van der Waals surface area (Å²) in [6, 6.07) is 8.34. The lowest BCUT2D eigenvalue weighted by Crippen LogP contribution is -2.41. The summed E-state index contributed by atoms with van der Waals surface area (Å²) in [5.41, 5.74) is 1.61. The molecular formula is C21H31ClN2O2. The van der Waals surface area contributed by atoms with E-state index in [0.717, 1.165) is 57.5 Å². The minimum absolute atomic E-state index is 0. The van der Waals surface area contributed by atoms with Gasteiger partial charge in [-0.15, -0.1) is 12.4 Å². The van der Waals surface area contributed by atoms with Crippen LogP contribution in [0.15, 0.2) is 24.3 Å². The van der Waals surface area contributed by atoms with Gasteiger partial charge in [-0.3, -0.25) is 4.79 Å². The predicted molar refractivity (Wildman–Crippen MR) is 106 cm³/mol. The number of hydrogen-bond donors (Lipinski definition) is 2. The molecule has 1 amide bonds. The zero-order chi connectivity index (χ0) is 17.3. The molecule has 1 heterocycles. The summed E-state index contributed by atoms with van der Waals surface area (Å²) in [6.45, 7) is 2.88. The molecule has 0 aromatic heterocycles. The number of methoxy groups -OCH3 is 1. The Morgan fingerprint density at radius 1 is 1.19 bits per heavy atom. The molecule has 1 atom stereocenters. The number of carbonyl (C=O) groups excluding carboxylic acids is 1. The summed E-state index contributed by atoms with van der Waals surface area (Å²) < 4.78 is 5.62. The number of halogens is 1. The maximum absolute atomic E-state index is 12.8. The molecule has 0 bridgehead atoms. The van der Waals surface area contributed by atoms with Crippen LogP contribution in [0, 0.1) is 11.3 Å². The van der Waals surface area contributed by atoms with Crippen LogP contribution in [0.5, 0.6) is 5.75 Å². The zero-order valence-corrected chi connectivity index (χ0v) is 16.5. The van der Waals surface area contributed by atoms with Crippen molar-refractivity contribution < 1.29 is 9.53 Å². The quantitative estimate of drug-likeness (QED) is 0.825.